The summed E-state index contributed by atoms with van der Waals surface area (Å²) in [4.78, 5) is 9.45. The fourth-order valence-electron chi connectivity index (χ4n) is 1.31. The molecule has 1 N–H and O–H groups in total. The maximum atomic E-state index is 13.4. The number of nitro benzene ring substituents is 1. The van der Waals surface area contributed by atoms with Gasteiger partial charge >= 0.3 is 0 Å². The summed E-state index contributed by atoms with van der Waals surface area (Å²) in [7, 11) is -3.25. The first-order chi connectivity index (χ1) is 8.76. The minimum atomic E-state index is -3.25. The van der Waals surface area contributed by atoms with Crippen molar-refractivity contribution in [1.29, 1.82) is 0 Å². The minimum absolute atomic E-state index is 0.0695. The molecule has 0 amide bonds. The molecule has 6 nitrogen and oxygen atoms in total. The van der Waals surface area contributed by atoms with E-state index >= 15 is 0 Å². The van der Waals surface area contributed by atoms with Crippen LogP contribution in [0, 0.1) is 21.7 Å². The molecule has 9 heteroatoms. The van der Waals surface area contributed by atoms with Crippen LogP contribution in [0.4, 0.5) is 20.2 Å². The van der Waals surface area contributed by atoms with Gasteiger partial charge in [-0.1, -0.05) is 6.92 Å². The molecule has 0 saturated carbocycles. The summed E-state index contributed by atoms with van der Waals surface area (Å²) in [6.07, 6.45) is 0. The first-order valence-electron chi connectivity index (χ1n) is 5.34. The molecular weight excluding hydrogens is 282 g/mol. The molecule has 0 spiro atoms. The van der Waals surface area contributed by atoms with Crippen LogP contribution in [-0.2, 0) is 9.84 Å². The second-order valence-corrected chi connectivity index (χ2v) is 6.18. The van der Waals surface area contributed by atoms with E-state index in [1.54, 1.807) is 0 Å². The van der Waals surface area contributed by atoms with Gasteiger partial charge in [0.15, 0.2) is 21.5 Å². The molecule has 0 aliphatic carbocycles. The first-order valence-corrected chi connectivity index (χ1v) is 7.16. The highest BCUT2D eigenvalue weighted by Gasteiger charge is 2.17. The lowest BCUT2D eigenvalue weighted by atomic mass is 10.2. The quantitative estimate of drug-likeness (QED) is 0.637. The number of rotatable bonds is 6. The SMILES string of the molecule is CCS(=O)(=O)CCNc1c(F)cc([N+](=O)[O-])cc1F. The highest BCUT2D eigenvalue weighted by molar-refractivity contribution is 7.91. The van der Waals surface area contributed by atoms with Crippen LogP contribution in [0.5, 0.6) is 0 Å². The molecule has 1 aromatic carbocycles. The minimum Gasteiger partial charge on any atom is -0.379 e. The van der Waals surface area contributed by atoms with Gasteiger partial charge in [0.1, 0.15) is 5.69 Å². The Bertz CT molecular complexity index is 566. The van der Waals surface area contributed by atoms with E-state index in [-0.39, 0.29) is 18.1 Å². The first kappa shape index (κ1) is 15.3. The van der Waals surface area contributed by atoms with E-state index in [2.05, 4.69) is 5.32 Å². The number of sulfone groups is 1. The zero-order valence-electron chi connectivity index (χ0n) is 10.0. The number of hydrogen-bond donors (Lipinski definition) is 1. The highest BCUT2D eigenvalue weighted by Crippen LogP contribution is 2.24. The Morgan fingerprint density at radius 1 is 1.32 bits per heavy atom. The maximum absolute atomic E-state index is 13.4. The van der Waals surface area contributed by atoms with E-state index in [4.69, 9.17) is 0 Å². The Hall–Kier alpha value is -1.77. The Kier molecular flexibility index (Phi) is 4.76. The molecule has 0 saturated heterocycles. The van der Waals surface area contributed by atoms with Crippen molar-refractivity contribution in [2.75, 3.05) is 23.4 Å². The summed E-state index contributed by atoms with van der Waals surface area (Å²) in [5, 5.41) is 12.7. The molecule has 0 bridgehead atoms. The highest BCUT2D eigenvalue weighted by atomic mass is 32.2. The van der Waals surface area contributed by atoms with Gasteiger partial charge in [-0.2, -0.15) is 0 Å². The lowest BCUT2D eigenvalue weighted by Crippen LogP contribution is -2.18. The lowest BCUT2D eigenvalue weighted by Gasteiger charge is -2.08. The summed E-state index contributed by atoms with van der Waals surface area (Å²) in [6, 6.07) is 1.14. The number of anilines is 1. The van der Waals surface area contributed by atoms with Gasteiger partial charge in [0.2, 0.25) is 0 Å². The Morgan fingerprint density at radius 3 is 2.26 bits per heavy atom. The third kappa shape index (κ3) is 4.12. The molecule has 0 atom stereocenters. The van der Waals surface area contributed by atoms with Gasteiger partial charge < -0.3 is 5.32 Å². The van der Waals surface area contributed by atoms with Crippen LogP contribution in [0.3, 0.4) is 0 Å². The van der Waals surface area contributed by atoms with Crippen molar-refractivity contribution >= 4 is 21.2 Å². The average Bonchev–Trinajstić information content (AvgIpc) is 2.32. The second kappa shape index (κ2) is 5.91. The van der Waals surface area contributed by atoms with Gasteiger partial charge in [-0.15, -0.1) is 0 Å². The molecule has 0 aromatic heterocycles. The van der Waals surface area contributed by atoms with Crippen LogP contribution in [-0.4, -0.2) is 31.4 Å². The van der Waals surface area contributed by atoms with Crippen LogP contribution in [0.15, 0.2) is 12.1 Å². The molecule has 0 radical (unpaired) electrons. The third-order valence-corrected chi connectivity index (χ3v) is 4.10. The molecule has 0 fully saturated rings. The van der Waals surface area contributed by atoms with E-state index in [0.29, 0.717) is 12.1 Å². The van der Waals surface area contributed by atoms with Crippen molar-refractivity contribution in [1.82, 2.24) is 0 Å². The summed E-state index contributed by atoms with van der Waals surface area (Å²) < 4.78 is 49.2. The molecule has 0 unspecified atom stereocenters. The number of non-ortho nitro benzene ring substituents is 1. The second-order valence-electron chi connectivity index (χ2n) is 3.70. The normalized spacial score (nSPS) is 11.3. The van der Waals surface area contributed by atoms with Gasteiger partial charge in [-0.25, -0.2) is 17.2 Å². The number of nitro groups is 1. The molecule has 19 heavy (non-hydrogen) atoms. The van der Waals surface area contributed by atoms with Crippen molar-refractivity contribution < 1.29 is 22.1 Å². The van der Waals surface area contributed by atoms with Crippen molar-refractivity contribution in [2.45, 2.75) is 6.92 Å². The molecule has 1 rings (SSSR count). The van der Waals surface area contributed by atoms with E-state index in [1.165, 1.54) is 6.92 Å². The smallest absolute Gasteiger partial charge is 0.275 e. The van der Waals surface area contributed by atoms with Crippen molar-refractivity contribution in [3.8, 4) is 0 Å². The largest absolute Gasteiger partial charge is 0.379 e. The number of halogens is 2. The monoisotopic (exact) mass is 294 g/mol. The zero-order chi connectivity index (χ0) is 14.6. The number of hydrogen-bond acceptors (Lipinski definition) is 5. The molecule has 106 valence electrons. The van der Waals surface area contributed by atoms with Crippen molar-refractivity contribution in [2.24, 2.45) is 0 Å². The molecule has 0 aliphatic rings. The summed E-state index contributed by atoms with van der Waals surface area (Å²) in [5.74, 6) is -2.62. The molecule has 0 heterocycles. The lowest BCUT2D eigenvalue weighted by molar-refractivity contribution is -0.385. The summed E-state index contributed by atoms with van der Waals surface area (Å²) in [6.45, 7) is 1.28. The van der Waals surface area contributed by atoms with Crippen LogP contribution >= 0.6 is 0 Å². The summed E-state index contributed by atoms with van der Waals surface area (Å²) >= 11 is 0. The zero-order valence-corrected chi connectivity index (χ0v) is 10.8. The van der Waals surface area contributed by atoms with Gasteiger partial charge in [-0.3, -0.25) is 10.1 Å². The molecule has 0 aliphatic heterocycles. The number of nitrogens with zero attached hydrogens (tertiary/aromatic N) is 1. The van der Waals surface area contributed by atoms with E-state index in [9.17, 15) is 27.3 Å². The van der Waals surface area contributed by atoms with E-state index < -0.39 is 37.8 Å². The standard InChI is InChI=1S/C10H12F2N2O4S/c1-2-19(17,18)4-3-13-10-8(11)5-7(14(15)16)6-9(10)12/h5-6,13H,2-4H2,1H3. The Labute approximate surface area is 108 Å². The Balaban J connectivity index is 2.83. The van der Waals surface area contributed by atoms with E-state index in [0.717, 1.165) is 0 Å². The topological polar surface area (TPSA) is 89.3 Å². The average molecular weight is 294 g/mol. The predicted octanol–water partition coefficient (Wildman–Crippen LogP) is 1.72. The molecule has 1 aromatic rings. The molecular formula is C10H12F2N2O4S. The van der Waals surface area contributed by atoms with Gasteiger partial charge in [0.25, 0.3) is 5.69 Å². The van der Waals surface area contributed by atoms with Crippen LogP contribution < -0.4 is 5.32 Å². The summed E-state index contributed by atoms with van der Waals surface area (Å²) in [5.41, 5.74) is -1.28. The number of benzene rings is 1. The van der Waals surface area contributed by atoms with Gasteiger partial charge in [0, 0.05) is 12.3 Å². The predicted molar refractivity (Wildman–Crippen MR) is 65.8 cm³/mol. The van der Waals surface area contributed by atoms with E-state index in [1.807, 2.05) is 0 Å². The van der Waals surface area contributed by atoms with Crippen LogP contribution in [0.25, 0.3) is 0 Å². The maximum Gasteiger partial charge on any atom is 0.275 e. The van der Waals surface area contributed by atoms with Crippen molar-refractivity contribution in [3.05, 3.63) is 33.9 Å². The van der Waals surface area contributed by atoms with Crippen molar-refractivity contribution in [3.63, 3.8) is 0 Å². The Morgan fingerprint density at radius 2 is 1.84 bits per heavy atom. The van der Waals surface area contributed by atoms with Gasteiger partial charge in [-0.05, 0) is 0 Å². The van der Waals surface area contributed by atoms with Gasteiger partial charge in [0.05, 0.1) is 22.8 Å². The fourth-order valence-corrected chi connectivity index (χ4v) is 2.01. The van der Waals surface area contributed by atoms with Crippen LogP contribution in [0.1, 0.15) is 6.92 Å². The third-order valence-electron chi connectivity index (χ3n) is 2.39. The van der Waals surface area contributed by atoms with Crippen LogP contribution in [0.2, 0.25) is 0 Å². The fraction of sp³-hybridized carbons (Fsp3) is 0.400. The number of nitrogens with one attached hydrogen (secondary N) is 1.